The number of unbranched alkanes of at least 4 members (excludes halogenated alkanes) is 1. The molecule has 1 aliphatic rings. The summed E-state index contributed by atoms with van der Waals surface area (Å²) >= 11 is 0. The van der Waals surface area contributed by atoms with Crippen molar-refractivity contribution < 1.29 is 19.5 Å². The Hall–Kier alpha value is -1.59. The molecular formula is C12H20N2O4. The quantitative estimate of drug-likeness (QED) is 0.597. The van der Waals surface area contributed by atoms with Crippen molar-refractivity contribution >= 4 is 17.9 Å². The second-order valence-corrected chi connectivity index (χ2v) is 4.75. The van der Waals surface area contributed by atoms with Crippen molar-refractivity contribution in [2.24, 2.45) is 5.92 Å². The average Bonchev–Trinajstić information content (AvgIpc) is 3.07. The largest absolute Gasteiger partial charge is 0.481 e. The zero-order chi connectivity index (χ0) is 13.5. The van der Waals surface area contributed by atoms with Gasteiger partial charge in [-0.25, -0.2) is 4.79 Å². The van der Waals surface area contributed by atoms with Crippen LogP contribution >= 0.6 is 0 Å². The minimum Gasteiger partial charge on any atom is -0.481 e. The van der Waals surface area contributed by atoms with Gasteiger partial charge >= 0.3 is 12.0 Å². The molecule has 0 radical (unpaired) electrons. The molecule has 1 fully saturated rings. The van der Waals surface area contributed by atoms with Crippen LogP contribution in [0.5, 0.6) is 0 Å². The summed E-state index contributed by atoms with van der Waals surface area (Å²) in [6, 6.07) is -0.359. The Labute approximate surface area is 106 Å². The molecular weight excluding hydrogens is 236 g/mol. The molecule has 0 heterocycles. The molecule has 0 saturated heterocycles. The first-order valence-corrected chi connectivity index (χ1v) is 6.31. The van der Waals surface area contributed by atoms with Crippen molar-refractivity contribution in [2.75, 3.05) is 0 Å². The molecule has 0 spiro atoms. The zero-order valence-electron chi connectivity index (χ0n) is 10.6. The Kier molecular flexibility index (Phi) is 5.61. The van der Waals surface area contributed by atoms with Gasteiger partial charge in [-0.15, -0.1) is 0 Å². The van der Waals surface area contributed by atoms with Crippen molar-refractivity contribution in [1.82, 2.24) is 10.6 Å². The Bertz CT molecular complexity index is 326. The van der Waals surface area contributed by atoms with E-state index in [2.05, 4.69) is 10.6 Å². The molecule has 6 heteroatoms. The van der Waals surface area contributed by atoms with Gasteiger partial charge in [0.25, 0.3) is 0 Å². The van der Waals surface area contributed by atoms with Crippen LogP contribution in [0.1, 0.15) is 45.4 Å². The summed E-state index contributed by atoms with van der Waals surface area (Å²) < 4.78 is 0. The minimum atomic E-state index is -0.869. The Morgan fingerprint density at radius 3 is 2.39 bits per heavy atom. The Morgan fingerprint density at radius 1 is 1.22 bits per heavy atom. The third-order valence-corrected chi connectivity index (χ3v) is 2.99. The molecule has 0 aromatic rings. The first kappa shape index (κ1) is 14.5. The van der Waals surface area contributed by atoms with E-state index in [1.54, 1.807) is 0 Å². The highest BCUT2D eigenvalue weighted by Crippen LogP contribution is 2.32. The summed E-state index contributed by atoms with van der Waals surface area (Å²) in [7, 11) is 0. The predicted molar refractivity (Wildman–Crippen MR) is 65.0 cm³/mol. The molecule has 18 heavy (non-hydrogen) atoms. The Balaban J connectivity index is 2.07. The van der Waals surface area contributed by atoms with E-state index >= 15 is 0 Å². The lowest BCUT2D eigenvalue weighted by molar-refractivity contribution is -0.137. The maximum Gasteiger partial charge on any atom is 0.321 e. The van der Waals surface area contributed by atoms with Crippen LogP contribution in [0.2, 0.25) is 0 Å². The number of carboxylic acid groups (broad SMARTS) is 1. The van der Waals surface area contributed by atoms with Crippen LogP contribution < -0.4 is 10.6 Å². The highest BCUT2D eigenvalue weighted by Gasteiger charge is 2.29. The van der Waals surface area contributed by atoms with Gasteiger partial charge in [0.2, 0.25) is 5.91 Å². The van der Waals surface area contributed by atoms with Crippen molar-refractivity contribution in [2.45, 2.75) is 51.5 Å². The molecule has 1 atom stereocenters. The highest BCUT2D eigenvalue weighted by atomic mass is 16.4. The van der Waals surface area contributed by atoms with Crippen LogP contribution in [0.4, 0.5) is 4.79 Å². The van der Waals surface area contributed by atoms with Crippen LogP contribution in [-0.2, 0) is 9.59 Å². The number of aliphatic carboxylic acids is 1. The first-order chi connectivity index (χ1) is 8.49. The van der Waals surface area contributed by atoms with Gasteiger partial charge in [-0.1, -0.05) is 0 Å². The van der Waals surface area contributed by atoms with Gasteiger partial charge in [-0.3, -0.25) is 14.9 Å². The van der Waals surface area contributed by atoms with Crippen LogP contribution in [0.15, 0.2) is 0 Å². The molecule has 6 nitrogen and oxygen atoms in total. The number of carboxylic acids is 1. The first-order valence-electron chi connectivity index (χ1n) is 6.31. The number of carbonyl (C=O) groups excluding carboxylic acids is 2. The molecule has 0 aromatic heterocycles. The maximum atomic E-state index is 11.4. The molecule has 3 amide bonds. The Morgan fingerprint density at radius 2 is 1.83 bits per heavy atom. The fourth-order valence-electron chi connectivity index (χ4n) is 1.71. The summed E-state index contributed by atoms with van der Waals surface area (Å²) in [6.45, 7) is 1.93. The molecule has 1 unspecified atom stereocenters. The molecule has 3 N–H and O–H groups in total. The SMILES string of the molecule is CC(NC(=O)NC(=O)CCCCC(=O)O)C1CC1. The van der Waals surface area contributed by atoms with Crippen molar-refractivity contribution in [3.63, 3.8) is 0 Å². The fraction of sp³-hybridized carbons (Fsp3) is 0.750. The number of hydrogen-bond acceptors (Lipinski definition) is 3. The lowest BCUT2D eigenvalue weighted by Gasteiger charge is -2.12. The molecule has 0 aliphatic heterocycles. The molecule has 0 aromatic carbocycles. The van der Waals surface area contributed by atoms with Crippen LogP contribution in [0.3, 0.4) is 0 Å². The van der Waals surface area contributed by atoms with E-state index < -0.39 is 12.0 Å². The number of amides is 3. The lowest BCUT2D eigenvalue weighted by Crippen LogP contribution is -2.44. The maximum absolute atomic E-state index is 11.4. The third kappa shape index (κ3) is 6.22. The van der Waals surface area contributed by atoms with Crippen LogP contribution in [0, 0.1) is 5.92 Å². The molecule has 0 bridgehead atoms. The van der Waals surface area contributed by atoms with E-state index in [0.29, 0.717) is 18.8 Å². The second kappa shape index (κ2) is 6.98. The number of hydrogen-bond donors (Lipinski definition) is 3. The molecule has 1 aliphatic carbocycles. The topological polar surface area (TPSA) is 95.5 Å². The van der Waals surface area contributed by atoms with Crippen molar-refractivity contribution in [3.05, 3.63) is 0 Å². The van der Waals surface area contributed by atoms with E-state index in [-0.39, 0.29) is 24.8 Å². The van der Waals surface area contributed by atoms with E-state index in [4.69, 9.17) is 5.11 Å². The minimum absolute atomic E-state index is 0.0538. The van der Waals surface area contributed by atoms with Crippen molar-refractivity contribution in [3.8, 4) is 0 Å². The van der Waals surface area contributed by atoms with E-state index in [0.717, 1.165) is 12.8 Å². The number of rotatable bonds is 7. The standard InChI is InChI=1S/C12H20N2O4/c1-8(9-6-7-9)13-12(18)14-10(15)4-2-3-5-11(16)17/h8-9H,2-7H2,1H3,(H,16,17)(H2,13,14,15,18). The molecule has 1 rings (SSSR count). The van der Waals surface area contributed by atoms with Gasteiger partial charge in [0.1, 0.15) is 0 Å². The highest BCUT2D eigenvalue weighted by molar-refractivity contribution is 5.94. The summed E-state index contributed by atoms with van der Waals surface area (Å²) in [5, 5.41) is 13.4. The summed E-state index contributed by atoms with van der Waals surface area (Å²) in [6.07, 6.45) is 3.41. The van der Waals surface area contributed by atoms with Crippen molar-refractivity contribution in [1.29, 1.82) is 0 Å². The third-order valence-electron chi connectivity index (χ3n) is 2.99. The average molecular weight is 256 g/mol. The van der Waals surface area contributed by atoms with Gasteiger partial charge in [-0.05, 0) is 38.5 Å². The van der Waals surface area contributed by atoms with Crippen LogP contribution in [0.25, 0.3) is 0 Å². The lowest BCUT2D eigenvalue weighted by atomic mass is 10.2. The summed E-state index contributed by atoms with van der Waals surface area (Å²) in [4.78, 5) is 33.0. The number of urea groups is 1. The van der Waals surface area contributed by atoms with Gasteiger partial charge < -0.3 is 10.4 Å². The summed E-state index contributed by atoms with van der Waals surface area (Å²) in [5.74, 6) is -0.686. The zero-order valence-corrected chi connectivity index (χ0v) is 10.6. The van der Waals surface area contributed by atoms with E-state index in [1.165, 1.54) is 0 Å². The van der Waals surface area contributed by atoms with Crippen LogP contribution in [-0.4, -0.2) is 29.1 Å². The smallest absolute Gasteiger partial charge is 0.321 e. The second-order valence-electron chi connectivity index (χ2n) is 4.75. The van der Waals surface area contributed by atoms with Gasteiger partial charge in [0.15, 0.2) is 0 Å². The molecule has 102 valence electrons. The number of nitrogens with one attached hydrogen (secondary N) is 2. The van der Waals surface area contributed by atoms with E-state index in [1.807, 2.05) is 6.92 Å². The number of carbonyl (C=O) groups is 3. The predicted octanol–water partition coefficient (Wildman–Crippen LogP) is 1.26. The van der Waals surface area contributed by atoms with Gasteiger partial charge in [0.05, 0.1) is 0 Å². The normalized spacial score (nSPS) is 15.8. The number of imide groups is 1. The summed E-state index contributed by atoms with van der Waals surface area (Å²) in [5.41, 5.74) is 0. The van der Waals surface area contributed by atoms with Gasteiger partial charge in [0, 0.05) is 18.9 Å². The monoisotopic (exact) mass is 256 g/mol. The molecule has 1 saturated carbocycles. The van der Waals surface area contributed by atoms with Gasteiger partial charge in [-0.2, -0.15) is 0 Å². The van der Waals surface area contributed by atoms with E-state index in [9.17, 15) is 14.4 Å². The fourth-order valence-corrected chi connectivity index (χ4v) is 1.71.